The van der Waals surface area contributed by atoms with Crippen LogP contribution in [0.15, 0.2) is 382 Å². The van der Waals surface area contributed by atoms with Gasteiger partial charge in [-0.3, -0.25) is 0 Å². The number of rotatable bonds is 13. The largest absolute Gasteiger partial charge is 0.456 e. The molecule has 0 aliphatic heterocycles. The lowest BCUT2D eigenvalue weighted by Gasteiger charge is -2.26. The Bertz CT molecular complexity index is 7360. The van der Waals surface area contributed by atoms with Crippen LogP contribution in [-0.4, -0.2) is 19.9 Å². The van der Waals surface area contributed by atoms with Crippen LogP contribution in [0.4, 0.5) is 34.1 Å². The Kier molecular flexibility index (Phi) is 14.4. The molecular weight excluding hydrogens is 1350 g/mol. The van der Waals surface area contributed by atoms with Gasteiger partial charge in [-0.1, -0.05) is 231 Å². The van der Waals surface area contributed by atoms with Crippen LogP contribution < -0.4 is 9.80 Å². The van der Waals surface area contributed by atoms with E-state index in [0.29, 0.717) is 17.2 Å². The van der Waals surface area contributed by atoms with Crippen molar-refractivity contribution in [3.8, 4) is 78.9 Å². The molecule has 0 aliphatic rings. The molecule has 0 atom stereocenters. The van der Waals surface area contributed by atoms with Gasteiger partial charge in [0, 0.05) is 93.9 Å². The van der Waals surface area contributed by atoms with Gasteiger partial charge < -0.3 is 27.5 Å². The molecule has 0 fully saturated rings. The zero-order chi connectivity index (χ0) is 72.3. The number of para-hydroxylation sites is 5. The average molecular weight is 1410 g/mol. The number of furan rings is 4. The van der Waals surface area contributed by atoms with Gasteiger partial charge in [-0.25, -0.2) is 19.9 Å². The van der Waals surface area contributed by atoms with Crippen LogP contribution >= 0.6 is 0 Å². The molecule has 0 amide bonds. The molecule has 0 unspecified atom stereocenters. The zero-order valence-corrected chi connectivity index (χ0v) is 59.0. The highest BCUT2D eigenvalue weighted by atomic mass is 16.3. The predicted molar refractivity (Wildman–Crippen MR) is 449 cm³/mol. The summed E-state index contributed by atoms with van der Waals surface area (Å²) in [5.41, 5.74) is 22.1. The molecule has 0 saturated heterocycles. The van der Waals surface area contributed by atoms with E-state index in [-0.39, 0.29) is 0 Å². The third-order valence-electron chi connectivity index (χ3n) is 21.4. The number of benzene rings is 16. The van der Waals surface area contributed by atoms with Crippen molar-refractivity contribution < 1.29 is 17.7 Å². The second-order valence-corrected chi connectivity index (χ2v) is 28.0. The van der Waals surface area contributed by atoms with Crippen molar-refractivity contribution in [2.75, 3.05) is 9.80 Å². The molecule has 6 heterocycles. The molecular formula is C100H60N6O4. The monoisotopic (exact) mass is 1410 g/mol. The first-order chi connectivity index (χ1) is 54.4. The molecule has 10 heteroatoms. The highest BCUT2D eigenvalue weighted by Crippen LogP contribution is 2.51. The summed E-state index contributed by atoms with van der Waals surface area (Å²) in [6.07, 6.45) is 0. The van der Waals surface area contributed by atoms with E-state index in [4.69, 9.17) is 37.6 Å². The van der Waals surface area contributed by atoms with Gasteiger partial charge >= 0.3 is 0 Å². The maximum atomic E-state index is 7.36. The van der Waals surface area contributed by atoms with E-state index in [9.17, 15) is 0 Å². The van der Waals surface area contributed by atoms with Crippen molar-refractivity contribution in [1.29, 1.82) is 0 Å². The highest BCUT2D eigenvalue weighted by Gasteiger charge is 2.28. The van der Waals surface area contributed by atoms with E-state index in [1.165, 1.54) is 0 Å². The van der Waals surface area contributed by atoms with Gasteiger partial charge in [0.15, 0.2) is 28.4 Å². The third-order valence-corrected chi connectivity index (χ3v) is 21.4. The molecule has 0 N–H and O–H groups in total. The minimum Gasteiger partial charge on any atom is -0.456 e. The van der Waals surface area contributed by atoms with Crippen molar-refractivity contribution in [3.05, 3.63) is 364 Å². The minimum absolute atomic E-state index is 0.556. The summed E-state index contributed by atoms with van der Waals surface area (Å²) in [4.78, 5) is 26.5. The molecule has 0 bridgehead atoms. The van der Waals surface area contributed by atoms with Gasteiger partial charge in [0.25, 0.3) is 0 Å². The van der Waals surface area contributed by atoms with Gasteiger partial charge in [0.05, 0.1) is 45.5 Å². The summed E-state index contributed by atoms with van der Waals surface area (Å²) in [5, 5.41) is 12.2. The average Bonchev–Trinajstić information content (AvgIpc) is 1.56. The lowest BCUT2D eigenvalue weighted by molar-refractivity contribution is 0.666. The van der Waals surface area contributed by atoms with Crippen LogP contribution in [0.25, 0.3) is 188 Å². The summed E-state index contributed by atoms with van der Waals surface area (Å²) in [6.45, 7) is 0. The van der Waals surface area contributed by atoms with Gasteiger partial charge in [0.2, 0.25) is 0 Å². The molecule has 22 rings (SSSR count). The van der Waals surface area contributed by atoms with Gasteiger partial charge in [-0.15, -0.1) is 0 Å². The van der Waals surface area contributed by atoms with Crippen molar-refractivity contribution >= 4 is 143 Å². The van der Waals surface area contributed by atoms with E-state index in [0.717, 1.165) is 205 Å². The summed E-state index contributed by atoms with van der Waals surface area (Å²) < 4.78 is 28.0. The zero-order valence-electron chi connectivity index (χ0n) is 59.0. The fourth-order valence-electron chi connectivity index (χ4n) is 16.1. The van der Waals surface area contributed by atoms with Gasteiger partial charge in [-0.2, -0.15) is 0 Å². The quantitative estimate of drug-likeness (QED) is 0.111. The van der Waals surface area contributed by atoms with E-state index >= 15 is 0 Å². The molecule has 110 heavy (non-hydrogen) atoms. The first-order valence-corrected chi connectivity index (χ1v) is 36.9. The van der Waals surface area contributed by atoms with Crippen molar-refractivity contribution in [2.45, 2.75) is 0 Å². The van der Waals surface area contributed by atoms with Crippen molar-refractivity contribution in [3.63, 3.8) is 0 Å². The van der Waals surface area contributed by atoms with Crippen LogP contribution in [0.5, 0.6) is 0 Å². The fourth-order valence-corrected chi connectivity index (χ4v) is 16.1. The molecule has 0 aliphatic carbocycles. The second-order valence-electron chi connectivity index (χ2n) is 28.0. The smallest absolute Gasteiger partial charge is 0.160 e. The first kappa shape index (κ1) is 62.4. The Balaban J connectivity index is 0.704. The Hall–Kier alpha value is -15.0. The van der Waals surface area contributed by atoms with E-state index in [2.05, 4.69) is 295 Å². The van der Waals surface area contributed by atoms with E-state index < -0.39 is 0 Å². The van der Waals surface area contributed by atoms with Gasteiger partial charge in [-0.05, 0) is 160 Å². The molecule has 6 aromatic heterocycles. The number of anilines is 6. The van der Waals surface area contributed by atoms with Crippen LogP contribution in [0.3, 0.4) is 0 Å². The number of fused-ring (bicyclic) bond motifs is 14. The summed E-state index contributed by atoms with van der Waals surface area (Å²) in [5.74, 6) is 1.14. The maximum absolute atomic E-state index is 7.36. The summed E-state index contributed by atoms with van der Waals surface area (Å²) in [6, 6.07) is 127. The van der Waals surface area contributed by atoms with Gasteiger partial charge in [0.1, 0.15) is 27.9 Å². The normalized spacial score (nSPS) is 11.8. The summed E-state index contributed by atoms with van der Waals surface area (Å²) >= 11 is 0. The minimum atomic E-state index is 0.556. The second kappa shape index (κ2) is 25.4. The lowest BCUT2D eigenvalue weighted by atomic mass is 9.97. The standard InChI is InChI=1S/C100H60N6O4/c1-6-24-61(25-7-1)84-59-85(62-26-8-2-9-27-62)102-99(101-84)71-52-82-81-51-68-45-44-67(49-70(68)57-94(81)110-97(82)89(54-71)105(73-34-12-4-13-35-73)75-46-47-78-76-38-18-20-42-91(76)107-95(78)58-75)64-32-22-33-69(48-64)87-60-86(63-28-10-3-11-29-63)103-100(104-87)72-53-83-80-50-65-30-16-17-31-66(65)56-93(80)109-98(83)90(55-72)106(74-36-14-5-15-37-74)88-41-23-40-79-77-39-19-21-43-92(77)108-96(79)88/h1-60H. The van der Waals surface area contributed by atoms with Crippen molar-refractivity contribution in [1.82, 2.24) is 19.9 Å². The Morgan fingerprint density at radius 2 is 0.591 bits per heavy atom. The Morgan fingerprint density at radius 1 is 0.182 bits per heavy atom. The molecule has 0 radical (unpaired) electrons. The third kappa shape index (κ3) is 10.6. The number of hydrogen-bond donors (Lipinski definition) is 0. The molecule has 22 aromatic rings. The highest BCUT2D eigenvalue weighted by molar-refractivity contribution is 6.19. The van der Waals surface area contributed by atoms with Crippen LogP contribution in [0, 0.1) is 0 Å². The summed E-state index contributed by atoms with van der Waals surface area (Å²) in [7, 11) is 0. The van der Waals surface area contributed by atoms with Crippen LogP contribution in [0.1, 0.15) is 0 Å². The maximum Gasteiger partial charge on any atom is 0.160 e. The topological polar surface area (TPSA) is 111 Å². The molecule has 514 valence electrons. The van der Waals surface area contributed by atoms with Crippen LogP contribution in [0.2, 0.25) is 0 Å². The Labute approximate surface area is 629 Å². The molecule has 0 saturated carbocycles. The fraction of sp³-hybridized carbons (Fsp3) is 0. The number of hydrogen-bond acceptors (Lipinski definition) is 10. The van der Waals surface area contributed by atoms with Crippen LogP contribution in [-0.2, 0) is 0 Å². The number of nitrogens with zero attached hydrogens (tertiary/aromatic N) is 6. The molecule has 0 spiro atoms. The Morgan fingerprint density at radius 3 is 1.19 bits per heavy atom. The molecule has 16 aromatic carbocycles. The van der Waals surface area contributed by atoms with E-state index in [1.807, 2.05) is 78.9 Å². The SMILES string of the molecule is c1ccc(-c2cc(-c3ccccc3)nc(-c3cc(N(c4ccccc4)c4ccc5c(c4)oc4ccccc45)c4oc5cc6cc(-c7cccc(-c8cc(-c9ccccc9)nc(-c9cc(N(c%10ccccc%10)c%10cccc%11c%10oc%10ccccc%10%11)c%10oc%11cc%12ccccc%12cc%11c%10c9)n8)c7)ccc6cc5c4c3)n2)cc1. The molecule has 10 nitrogen and oxygen atoms in total. The van der Waals surface area contributed by atoms with E-state index in [1.54, 1.807) is 0 Å². The predicted octanol–water partition coefficient (Wildman–Crippen LogP) is 27.8. The first-order valence-electron chi connectivity index (χ1n) is 36.9. The number of aromatic nitrogens is 4. The van der Waals surface area contributed by atoms with Crippen molar-refractivity contribution in [2.24, 2.45) is 0 Å². The lowest BCUT2D eigenvalue weighted by Crippen LogP contribution is -2.11.